The Labute approximate surface area is 139 Å². The maximum absolute atomic E-state index is 11.7. The highest BCUT2D eigenvalue weighted by Crippen LogP contribution is 2.38. The summed E-state index contributed by atoms with van der Waals surface area (Å²) in [6.45, 7) is 6.89. The number of benzene rings is 1. The van der Waals surface area contributed by atoms with Crippen LogP contribution in [-0.4, -0.2) is 12.6 Å². The van der Waals surface area contributed by atoms with Gasteiger partial charge in [-0.3, -0.25) is 0 Å². The van der Waals surface area contributed by atoms with E-state index in [4.69, 9.17) is 4.74 Å². The van der Waals surface area contributed by atoms with Crippen LogP contribution in [0.4, 0.5) is 0 Å². The zero-order valence-electron chi connectivity index (χ0n) is 14.3. The number of unbranched alkanes of at least 4 members (excludes halogenated alkanes) is 1. The molecule has 0 spiro atoms. The smallest absolute Gasteiger partial charge is 0.330 e. The fraction of sp³-hybridized carbons (Fsp3) is 0.381. The van der Waals surface area contributed by atoms with E-state index < -0.39 is 0 Å². The van der Waals surface area contributed by atoms with E-state index in [9.17, 15) is 4.79 Å². The van der Waals surface area contributed by atoms with E-state index >= 15 is 0 Å². The largest absolute Gasteiger partial charge is 0.463 e. The number of ether oxygens (including phenoxy) is 1. The van der Waals surface area contributed by atoms with E-state index in [-0.39, 0.29) is 11.4 Å². The van der Waals surface area contributed by atoms with Gasteiger partial charge in [0.05, 0.1) is 6.61 Å². The highest BCUT2D eigenvalue weighted by atomic mass is 16.5. The summed E-state index contributed by atoms with van der Waals surface area (Å²) in [5, 5.41) is 0. The van der Waals surface area contributed by atoms with Crippen LogP contribution in [0.3, 0.4) is 0 Å². The van der Waals surface area contributed by atoms with Gasteiger partial charge in [0.25, 0.3) is 0 Å². The lowest BCUT2D eigenvalue weighted by Gasteiger charge is -2.28. The number of hydrogen-bond acceptors (Lipinski definition) is 2. The van der Waals surface area contributed by atoms with E-state index in [1.807, 2.05) is 12.1 Å². The van der Waals surface area contributed by atoms with Crippen molar-refractivity contribution in [2.75, 3.05) is 6.61 Å². The second-order valence-corrected chi connectivity index (χ2v) is 6.43. The maximum atomic E-state index is 11.7. The van der Waals surface area contributed by atoms with Crippen LogP contribution in [0.2, 0.25) is 0 Å². The molecule has 0 bridgehead atoms. The molecule has 2 rings (SSSR count). The van der Waals surface area contributed by atoms with Crippen molar-refractivity contribution in [1.29, 1.82) is 0 Å². The number of carbonyl (C=O) groups is 1. The van der Waals surface area contributed by atoms with Crippen LogP contribution in [0.1, 0.15) is 45.6 Å². The molecule has 2 nitrogen and oxygen atoms in total. The van der Waals surface area contributed by atoms with Gasteiger partial charge >= 0.3 is 5.97 Å². The number of esters is 1. The zero-order valence-corrected chi connectivity index (χ0v) is 14.3. The van der Waals surface area contributed by atoms with E-state index in [2.05, 4.69) is 57.2 Å². The summed E-state index contributed by atoms with van der Waals surface area (Å²) in [5.41, 5.74) is 3.73. The molecular weight excluding hydrogens is 284 g/mol. The van der Waals surface area contributed by atoms with Crippen LogP contribution < -0.4 is 0 Å². The van der Waals surface area contributed by atoms with Crippen molar-refractivity contribution < 1.29 is 9.53 Å². The molecule has 1 atom stereocenters. The van der Waals surface area contributed by atoms with Crippen molar-refractivity contribution >= 4 is 11.5 Å². The molecule has 0 radical (unpaired) electrons. The maximum Gasteiger partial charge on any atom is 0.330 e. The molecule has 1 aromatic rings. The standard InChI is InChI=1S/C21H26O2/c1-4-5-15-23-20(22)12-14-21(3)13-11-19(17(2)16-21)18-9-7-6-8-10-18/h6-14H,4-5,15-16H2,1-3H3/b14-12+. The van der Waals surface area contributed by atoms with Gasteiger partial charge in [0.1, 0.15) is 0 Å². The van der Waals surface area contributed by atoms with Gasteiger partial charge in [0, 0.05) is 11.5 Å². The third-order valence-corrected chi connectivity index (χ3v) is 4.16. The van der Waals surface area contributed by atoms with Crippen LogP contribution in [0, 0.1) is 5.41 Å². The van der Waals surface area contributed by atoms with Gasteiger partial charge in [0.15, 0.2) is 0 Å². The summed E-state index contributed by atoms with van der Waals surface area (Å²) < 4.78 is 5.17. The normalized spacial score (nSPS) is 21.0. The van der Waals surface area contributed by atoms with Gasteiger partial charge in [-0.25, -0.2) is 4.79 Å². The first kappa shape index (κ1) is 17.3. The monoisotopic (exact) mass is 310 g/mol. The first-order valence-electron chi connectivity index (χ1n) is 8.34. The Morgan fingerprint density at radius 1 is 1.30 bits per heavy atom. The molecule has 1 aliphatic rings. The predicted molar refractivity (Wildman–Crippen MR) is 95.9 cm³/mol. The topological polar surface area (TPSA) is 26.3 Å². The third kappa shape index (κ3) is 4.95. The zero-order chi connectivity index (χ0) is 16.7. The predicted octanol–water partition coefficient (Wildman–Crippen LogP) is 5.33. The van der Waals surface area contributed by atoms with Crippen LogP contribution in [0.25, 0.3) is 5.57 Å². The summed E-state index contributed by atoms with van der Waals surface area (Å²) in [5.74, 6) is -0.247. The molecular formula is C21H26O2. The highest BCUT2D eigenvalue weighted by Gasteiger charge is 2.23. The Kier molecular flexibility index (Phi) is 5.97. The molecule has 0 N–H and O–H groups in total. The van der Waals surface area contributed by atoms with E-state index in [1.165, 1.54) is 16.7 Å². The average molecular weight is 310 g/mol. The van der Waals surface area contributed by atoms with Crippen molar-refractivity contribution in [3.63, 3.8) is 0 Å². The van der Waals surface area contributed by atoms with Crippen molar-refractivity contribution in [2.45, 2.75) is 40.0 Å². The Bertz CT molecular complexity index is 623. The molecule has 1 aromatic carbocycles. The minimum absolute atomic E-state index is 0.133. The number of carbonyl (C=O) groups excluding carboxylic acids is 1. The van der Waals surface area contributed by atoms with E-state index in [0.29, 0.717) is 6.61 Å². The van der Waals surface area contributed by atoms with Gasteiger partial charge in [-0.15, -0.1) is 0 Å². The molecule has 1 unspecified atom stereocenters. The van der Waals surface area contributed by atoms with Crippen LogP contribution in [0.5, 0.6) is 0 Å². The van der Waals surface area contributed by atoms with Crippen LogP contribution >= 0.6 is 0 Å². The lowest BCUT2D eigenvalue weighted by Crippen LogP contribution is -2.15. The lowest BCUT2D eigenvalue weighted by molar-refractivity contribution is -0.137. The van der Waals surface area contributed by atoms with Gasteiger partial charge < -0.3 is 4.74 Å². The van der Waals surface area contributed by atoms with Gasteiger partial charge in [-0.2, -0.15) is 0 Å². The second-order valence-electron chi connectivity index (χ2n) is 6.43. The molecule has 0 saturated carbocycles. The van der Waals surface area contributed by atoms with Crippen molar-refractivity contribution in [1.82, 2.24) is 0 Å². The Morgan fingerprint density at radius 2 is 2.04 bits per heavy atom. The summed E-state index contributed by atoms with van der Waals surface area (Å²) in [6.07, 6.45) is 10.7. The van der Waals surface area contributed by atoms with E-state index in [1.54, 1.807) is 6.08 Å². The molecule has 0 heterocycles. The summed E-state index contributed by atoms with van der Waals surface area (Å²) >= 11 is 0. The van der Waals surface area contributed by atoms with Gasteiger partial charge in [-0.1, -0.05) is 74.4 Å². The first-order valence-corrected chi connectivity index (χ1v) is 8.34. The molecule has 1 aliphatic carbocycles. The molecule has 0 fully saturated rings. The third-order valence-electron chi connectivity index (χ3n) is 4.16. The quantitative estimate of drug-likeness (QED) is 0.403. The van der Waals surface area contributed by atoms with E-state index in [0.717, 1.165) is 19.3 Å². The molecule has 23 heavy (non-hydrogen) atoms. The highest BCUT2D eigenvalue weighted by molar-refractivity contribution is 5.82. The molecule has 0 saturated heterocycles. The summed E-state index contributed by atoms with van der Waals surface area (Å²) in [6, 6.07) is 10.4. The minimum atomic E-state index is -0.247. The molecule has 0 aromatic heterocycles. The summed E-state index contributed by atoms with van der Waals surface area (Å²) in [7, 11) is 0. The lowest BCUT2D eigenvalue weighted by atomic mass is 9.77. The number of rotatable bonds is 6. The molecule has 122 valence electrons. The van der Waals surface area contributed by atoms with Crippen molar-refractivity contribution in [2.24, 2.45) is 5.41 Å². The summed E-state index contributed by atoms with van der Waals surface area (Å²) in [4.78, 5) is 11.7. The second kappa shape index (κ2) is 7.96. The van der Waals surface area contributed by atoms with Crippen LogP contribution in [-0.2, 0) is 9.53 Å². The van der Waals surface area contributed by atoms with Gasteiger partial charge in [0.2, 0.25) is 0 Å². The SMILES string of the molecule is CCCCOC(=O)/C=C/C1(C)C=CC(c2ccccc2)=C(C)C1. The minimum Gasteiger partial charge on any atom is -0.463 e. The Hall–Kier alpha value is -2.09. The fourth-order valence-electron chi connectivity index (χ4n) is 2.84. The van der Waals surface area contributed by atoms with Crippen molar-refractivity contribution in [3.8, 4) is 0 Å². The number of hydrogen-bond donors (Lipinski definition) is 0. The molecule has 0 amide bonds. The van der Waals surface area contributed by atoms with Gasteiger partial charge in [-0.05, 0) is 30.9 Å². The van der Waals surface area contributed by atoms with Crippen LogP contribution in [0.15, 0.2) is 60.2 Å². The first-order chi connectivity index (χ1) is 11.0. The number of allylic oxidation sites excluding steroid dienone is 5. The molecule has 2 heteroatoms. The molecule has 0 aliphatic heterocycles. The van der Waals surface area contributed by atoms with Crippen molar-refractivity contribution in [3.05, 3.63) is 65.8 Å². The average Bonchev–Trinajstić information content (AvgIpc) is 2.54. The Morgan fingerprint density at radius 3 is 2.70 bits per heavy atom. The Balaban J connectivity index is 2.02. The fourth-order valence-corrected chi connectivity index (χ4v) is 2.84.